The number of nitrogens with one attached hydrogen (secondary N) is 1. The zero-order valence-electron chi connectivity index (χ0n) is 7.54. The monoisotopic (exact) mass is 203 g/mol. The average Bonchev–Trinajstić information content (AvgIpc) is 2.34. The summed E-state index contributed by atoms with van der Waals surface area (Å²) in [6.07, 6.45) is 1.21. The molecule has 1 N–H and O–H groups in total. The lowest BCUT2D eigenvalue weighted by molar-refractivity contribution is -0.157. The van der Waals surface area contributed by atoms with Crippen molar-refractivity contribution in [1.29, 1.82) is 4.78 Å². The fraction of sp³-hybridized carbons (Fsp3) is 0.875. The van der Waals surface area contributed by atoms with Crippen molar-refractivity contribution in [2.75, 3.05) is 12.4 Å². The van der Waals surface area contributed by atoms with Crippen molar-refractivity contribution < 1.29 is 13.7 Å². The first-order valence-corrected chi connectivity index (χ1v) is 6.22. The van der Waals surface area contributed by atoms with E-state index in [1.54, 1.807) is 6.92 Å². The van der Waals surface area contributed by atoms with Gasteiger partial charge in [0.25, 0.3) is 0 Å². The van der Waals surface area contributed by atoms with Crippen LogP contribution >= 0.6 is 0 Å². The molecule has 3 fully saturated rings. The zero-order valence-corrected chi connectivity index (χ0v) is 8.36. The zero-order chi connectivity index (χ0) is 9.69. The Morgan fingerprint density at radius 2 is 2.31 bits per heavy atom. The summed E-state index contributed by atoms with van der Waals surface area (Å²) in [5.74, 6) is -0.0209. The minimum atomic E-state index is -2.47. The highest BCUT2D eigenvalue weighted by Crippen LogP contribution is 2.54. The third-order valence-electron chi connectivity index (χ3n) is 2.97. The van der Waals surface area contributed by atoms with Crippen LogP contribution in [0.15, 0.2) is 0 Å². The van der Waals surface area contributed by atoms with Crippen LogP contribution in [-0.4, -0.2) is 27.8 Å². The second-order valence-electron chi connectivity index (χ2n) is 3.90. The summed E-state index contributed by atoms with van der Waals surface area (Å²) in [4.78, 5) is 11.5. The molecular weight excluding hydrogens is 190 g/mol. The smallest absolute Gasteiger partial charge is 0.313 e. The Hall–Kier alpha value is -0.580. The molecule has 0 aromatic heterocycles. The van der Waals surface area contributed by atoms with E-state index in [1.165, 1.54) is 0 Å². The molecule has 0 spiro atoms. The van der Waals surface area contributed by atoms with Crippen LogP contribution < -0.4 is 0 Å². The molecule has 0 amide bonds. The minimum Gasteiger partial charge on any atom is -0.466 e. The van der Waals surface area contributed by atoms with Crippen LogP contribution in [0.5, 0.6) is 0 Å². The molecule has 2 aliphatic heterocycles. The first-order chi connectivity index (χ1) is 6.00. The molecule has 2 bridgehead atoms. The molecule has 3 aliphatic rings. The van der Waals surface area contributed by atoms with Gasteiger partial charge in [0.05, 0.1) is 12.0 Å². The van der Waals surface area contributed by atoms with Gasteiger partial charge in [0.15, 0.2) is 0 Å². The largest absolute Gasteiger partial charge is 0.466 e. The van der Waals surface area contributed by atoms with E-state index in [4.69, 9.17) is 9.52 Å². The Kier molecular flexibility index (Phi) is 1.71. The van der Waals surface area contributed by atoms with Gasteiger partial charge >= 0.3 is 5.97 Å². The molecule has 0 aromatic rings. The number of carbonyl (C=O) groups is 1. The first kappa shape index (κ1) is 8.99. The maximum Gasteiger partial charge on any atom is 0.313 e. The number of hydrogen-bond donors (Lipinski definition) is 1. The first-order valence-electron chi connectivity index (χ1n) is 4.43. The highest BCUT2D eigenvalue weighted by molar-refractivity contribution is 7.93. The molecule has 0 aromatic carbocycles. The van der Waals surface area contributed by atoms with E-state index in [0.717, 1.165) is 0 Å². The van der Waals surface area contributed by atoms with E-state index in [-0.39, 0.29) is 17.0 Å². The normalized spacial score (nSPS) is 47.0. The van der Waals surface area contributed by atoms with Crippen molar-refractivity contribution in [3.63, 3.8) is 0 Å². The van der Waals surface area contributed by atoms with E-state index in [9.17, 15) is 9.00 Å². The van der Waals surface area contributed by atoms with E-state index in [1.807, 2.05) is 0 Å². The van der Waals surface area contributed by atoms with Gasteiger partial charge in [0.2, 0.25) is 0 Å². The molecule has 1 saturated carbocycles. The summed E-state index contributed by atoms with van der Waals surface area (Å²) in [5, 5.41) is -0.0445. The summed E-state index contributed by atoms with van der Waals surface area (Å²) in [7, 11) is -2.47. The third kappa shape index (κ3) is 1.10. The average molecular weight is 203 g/mol. The SMILES string of the molecule is CCOC(=O)C12CC(C1)S(=N)(=O)C2. The summed E-state index contributed by atoms with van der Waals surface area (Å²) >= 11 is 0. The molecule has 1 atom stereocenters. The Labute approximate surface area is 77.6 Å². The molecule has 1 unspecified atom stereocenters. The van der Waals surface area contributed by atoms with Crippen LogP contribution in [-0.2, 0) is 19.3 Å². The Balaban J connectivity index is 2.16. The van der Waals surface area contributed by atoms with Crippen LogP contribution in [0.25, 0.3) is 0 Å². The topological polar surface area (TPSA) is 67.2 Å². The van der Waals surface area contributed by atoms with Crippen LogP contribution in [0.2, 0.25) is 0 Å². The fourth-order valence-corrected chi connectivity index (χ4v) is 4.82. The van der Waals surface area contributed by atoms with Crippen LogP contribution in [0, 0.1) is 10.2 Å². The highest BCUT2D eigenvalue weighted by Gasteiger charge is 2.63. The summed E-state index contributed by atoms with van der Waals surface area (Å²) in [6, 6.07) is 0. The Morgan fingerprint density at radius 3 is 2.69 bits per heavy atom. The minimum absolute atomic E-state index is 0.0445. The molecule has 2 saturated heterocycles. The summed E-state index contributed by atoms with van der Waals surface area (Å²) < 4.78 is 23.9. The molecule has 5 heteroatoms. The highest BCUT2D eigenvalue weighted by atomic mass is 32.2. The maximum absolute atomic E-state index is 11.5. The Bertz CT molecular complexity index is 340. The molecule has 1 aliphatic carbocycles. The number of rotatable bonds is 2. The Morgan fingerprint density at radius 1 is 1.69 bits per heavy atom. The van der Waals surface area contributed by atoms with Crippen molar-refractivity contribution in [2.45, 2.75) is 25.0 Å². The predicted octanol–water partition coefficient (Wildman–Crippen LogP) is 0.759. The second kappa shape index (κ2) is 2.47. The van der Waals surface area contributed by atoms with Gasteiger partial charge in [-0.05, 0) is 19.8 Å². The lowest BCUT2D eigenvalue weighted by atomic mass is 9.70. The lowest BCUT2D eigenvalue weighted by Crippen LogP contribution is -2.41. The van der Waals surface area contributed by atoms with Crippen LogP contribution in [0.3, 0.4) is 0 Å². The molecule has 0 radical (unpaired) electrons. The van der Waals surface area contributed by atoms with Gasteiger partial charge in [0.1, 0.15) is 0 Å². The number of carbonyl (C=O) groups excluding carboxylic acids is 1. The van der Waals surface area contributed by atoms with Crippen molar-refractivity contribution in [3.8, 4) is 0 Å². The molecule has 4 nitrogen and oxygen atoms in total. The van der Waals surface area contributed by atoms with Gasteiger partial charge in [-0.15, -0.1) is 0 Å². The van der Waals surface area contributed by atoms with Gasteiger partial charge in [-0.1, -0.05) is 0 Å². The number of fused-ring (bicyclic) bond motifs is 1. The second-order valence-corrected chi connectivity index (χ2v) is 6.31. The van der Waals surface area contributed by atoms with Crippen LogP contribution in [0.1, 0.15) is 19.8 Å². The van der Waals surface area contributed by atoms with Gasteiger partial charge in [-0.3, -0.25) is 9.57 Å². The number of hydrogen-bond acceptors (Lipinski definition) is 4. The van der Waals surface area contributed by atoms with E-state index in [0.29, 0.717) is 19.4 Å². The van der Waals surface area contributed by atoms with E-state index in [2.05, 4.69) is 0 Å². The van der Waals surface area contributed by atoms with Gasteiger partial charge in [-0.2, -0.15) is 0 Å². The maximum atomic E-state index is 11.5. The van der Waals surface area contributed by atoms with Gasteiger partial charge < -0.3 is 4.74 Å². The summed E-state index contributed by atoms with van der Waals surface area (Å²) in [6.45, 7) is 2.13. The van der Waals surface area contributed by atoms with Crippen molar-refractivity contribution >= 4 is 15.7 Å². The summed E-state index contributed by atoms with van der Waals surface area (Å²) in [5.41, 5.74) is -0.542. The molecular formula is C8H13NO3S. The van der Waals surface area contributed by atoms with Gasteiger partial charge in [0, 0.05) is 20.7 Å². The quantitative estimate of drug-likeness (QED) is 0.674. The molecule has 3 rings (SSSR count). The van der Waals surface area contributed by atoms with Gasteiger partial charge in [-0.25, -0.2) is 4.21 Å². The number of esters is 1. The van der Waals surface area contributed by atoms with Crippen molar-refractivity contribution in [3.05, 3.63) is 0 Å². The predicted molar refractivity (Wildman–Crippen MR) is 47.8 cm³/mol. The lowest BCUT2D eigenvalue weighted by Gasteiger charge is -2.33. The van der Waals surface area contributed by atoms with Crippen molar-refractivity contribution in [1.82, 2.24) is 0 Å². The van der Waals surface area contributed by atoms with E-state index >= 15 is 0 Å². The molecule has 2 heterocycles. The molecule has 74 valence electrons. The number of ether oxygens (including phenoxy) is 1. The fourth-order valence-electron chi connectivity index (χ4n) is 2.24. The molecule has 13 heavy (non-hydrogen) atoms. The van der Waals surface area contributed by atoms with E-state index < -0.39 is 15.1 Å². The van der Waals surface area contributed by atoms with Crippen LogP contribution in [0.4, 0.5) is 0 Å². The standard InChI is InChI=1S/C8H13NO3S/c1-2-12-7(10)8-3-6(4-8)13(9,11)5-8/h6,9H,2-5H2,1H3. The van der Waals surface area contributed by atoms with Crippen molar-refractivity contribution in [2.24, 2.45) is 5.41 Å². The third-order valence-corrected chi connectivity index (χ3v) is 5.37.